The van der Waals surface area contributed by atoms with E-state index in [0.717, 1.165) is 22.3 Å². The average Bonchev–Trinajstić information content (AvgIpc) is 3.24. The Kier molecular flexibility index (Phi) is 7.99. The van der Waals surface area contributed by atoms with Crippen molar-refractivity contribution in [2.75, 3.05) is 18.4 Å². The first-order valence-electron chi connectivity index (χ1n) is 12.6. The van der Waals surface area contributed by atoms with Crippen LogP contribution < -0.4 is 5.32 Å². The van der Waals surface area contributed by atoms with Gasteiger partial charge in [0.05, 0.1) is 5.92 Å². The number of aryl methyl sites for hydroxylation is 4. The van der Waals surface area contributed by atoms with E-state index in [1.807, 2.05) is 26.8 Å². The number of nitrogens with zero attached hydrogens (tertiary/aromatic N) is 2. The Labute approximate surface area is 223 Å². The Balaban J connectivity index is 1.55. The van der Waals surface area contributed by atoms with Crippen molar-refractivity contribution in [1.29, 1.82) is 0 Å². The Hall–Kier alpha value is -3.56. The van der Waals surface area contributed by atoms with E-state index < -0.39 is 15.9 Å². The smallest absolute Gasteiger partial charge is 0.248 e. The van der Waals surface area contributed by atoms with E-state index in [2.05, 4.69) is 22.6 Å². The van der Waals surface area contributed by atoms with Crippen LogP contribution in [0.2, 0.25) is 0 Å². The number of hydrogen-bond acceptors (Lipinski definition) is 6. The number of carbonyl (C=O) groups excluding carboxylic acids is 2. The van der Waals surface area contributed by atoms with Gasteiger partial charge in [-0.2, -0.15) is 4.31 Å². The molecule has 0 bridgehead atoms. The fourth-order valence-electron chi connectivity index (χ4n) is 4.98. The number of aromatic nitrogens is 1. The molecule has 2 aromatic carbocycles. The molecule has 0 spiro atoms. The molecule has 8 nitrogen and oxygen atoms in total. The zero-order chi connectivity index (χ0) is 27.6. The summed E-state index contributed by atoms with van der Waals surface area (Å²) in [5.41, 5.74) is 5.59. The molecule has 0 saturated carbocycles. The lowest BCUT2D eigenvalue weighted by atomic mass is 9.98. The molecule has 1 aliphatic heterocycles. The van der Waals surface area contributed by atoms with Crippen molar-refractivity contribution in [2.45, 2.75) is 52.4 Å². The van der Waals surface area contributed by atoms with Crippen LogP contribution in [-0.2, 0) is 14.8 Å². The fraction of sp³-hybridized carbons (Fsp3) is 0.345. The van der Waals surface area contributed by atoms with Crippen molar-refractivity contribution >= 4 is 39.6 Å². The Morgan fingerprint density at radius 3 is 2.47 bits per heavy atom. The van der Waals surface area contributed by atoms with Gasteiger partial charge in [-0.1, -0.05) is 41.1 Å². The highest BCUT2D eigenvalue weighted by Gasteiger charge is 2.37. The van der Waals surface area contributed by atoms with E-state index in [-0.39, 0.29) is 34.6 Å². The van der Waals surface area contributed by atoms with Gasteiger partial charge in [0, 0.05) is 24.3 Å². The average molecular weight is 536 g/mol. The number of sulfonamides is 1. The Morgan fingerprint density at radius 2 is 1.79 bits per heavy atom. The molecule has 1 unspecified atom stereocenters. The maximum absolute atomic E-state index is 13.7. The lowest BCUT2D eigenvalue weighted by Gasteiger charge is -2.31. The van der Waals surface area contributed by atoms with Crippen LogP contribution in [0, 0.1) is 33.6 Å². The van der Waals surface area contributed by atoms with Gasteiger partial charge in [-0.25, -0.2) is 8.42 Å². The number of amides is 1. The number of benzene rings is 2. The predicted octanol–water partition coefficient (Wildman–Crippen LogP) is 5.32. The van der Waals surface area contributed by atoms with Crippen molar-refractivity contribution in [3.8, 4) is 0 Å². The summed E-state index contributed by atoms with van der Waals surface area (Å²) in [5, 5.41) is 6.78. The molecule has 1 saturated heterocycles. The van der Waals surface area contributed by atoms with E-state index in [0.29, 0.717) is 30.6 Å². The molecule has 1 N–H and O–H groups in total. The highest BCUT2D eigenvalue weighted by atomic mass is 32.2. The van der Waals surface area contributed by atoms with Crippen molar-refractivity contribution in [3.63, 3.8) is 0 Å². The summed E-state index contributed by atoms with van der Waals surface area (Å²) in [6.07, 6.45) is 4.60. The fourth-order valence-corrected chi connectivity index (χ4v) is 6.75. The van der Waals surface area contributed by atoms with Crippen molar-refractivity contribution in [3.05, 3.63) is 75.7 Å². The molecule has 9 heteroatoms. The number of carbonyl (C=O) groups is 2. The predicted molar refractivity (Wildman–Crippen MR) is 147 cm³/mol. The minimum Gasteiger partial charge on any atom is -0.355 e. The maximum atomic E-state index is 13.7. The van der Waals surface area contributed by atoms with Gasteiger partial charge in [0.25, 0.3) is 0 Å². The monoisotopic (exact) mass is 535 g/mol. The van der Waals surface area contributed by atoms with E-state index in [9.17, 15) is 18.0 Å². The van der Waals surface area contributed by atoms with Gasteiger partial charge in [-0.15, -0.1) is 0 Å². The molecular formula is C29H33N3O5S. The summed E-state index contributed by atoms with van der Waals surface area (Å²) in [6.45, 7) is 9.47. The number of hydrogen-bond donors (Lipinski definition) is 1. The van der Waals surface area contributed by atoms with E-state index in [4.69, 9.17) is 4.52 Å². The lowest BCUT2D eigenvalue weighted by molar-refractivity contribution is -0.120. The van der Waals surface area contributed by atoms with Crippen LogP contribution in [0.15, 0.2) is 45.8 Å². The van der Waals surface area contributed by atoms with Gasteiger partial charge < -0.3 is 9.84 Å². The SMILES string of the molecule is CC(=O)c1cccc(NC(=O)C2CCCN(S(=O)(=O)c3c(C)noc3/C=C/c3c(C)cc(C)cc3C)C2)c1. The second-order valence-electron chi connectivity index (χ2n) is 9.94. The third-order valence-corrected chi connectivity index (χ3v) is 8.89. The number of rotatable bonds is 7. The van der Waals surface area contributed by atoms with Crippen molar-refractivity contribution in [2.24, 2.45) is 5.92 Å². The van der Waals surface area contributed by atoms with Gasteiger partial charge in [-0.05, 0) is 82.4 Å². The van der Waals surface area contributed by atoms with Crippen LogP contribution in [0.4, 0.5) is 5.69 Å². The van der Waals surface area contributed by atoms with Gasteiger partial charge >= 0.3 is 0 Å². The third kappa shape index (κ3) is 5.79. The van der Waals surface area contributed by atoms with Crippen LogP contribution in [0.1, 0.15) is 63.8 Å². The van der Waals surface area contributed by atoms with Crippen LogP contribution in [0.5, 0.6) is 0 Å². The van der Waals surface area contributed by atoms with Crippen LogP contribution in [0.25, 0.3) is 12.2 Å². The second kappa shape index (κ2) is 11.0. The summed E-state index contributed by atoms with van der Waals surface area (Å²) >= 11 is 0. The topological polar surface area (TPSA) is 110 Å². The lowest BCUT2D eigenvalue weighted by Crippen LogP contribution is -2.43. The third-order valence-electron chi connectivity index (χ3n) is 6.86. The molecule has 4 rings (SSSR count). The van der Waals surface area contributed by atoms with Gasteiger partial charge in [-0.3, -0.25) is 9.59 Å². The summed E-state index contributed by atoms with van der Waals surface area (Å²) < 4.78 is 34.3. The van der Waals surface area contributed by atoms with Gasteiger partial charge in [0.15, 0.2) is 16.4 Å². The first-order chi connectivity index (χ1) is 18.0. The number of ketones is 1. The van der Waals surface area contributed by atoms with Crippen LogP contribution >= 0.6 is 0 Å². The van der Waals surface area contributed by atoms with E-state index >= 15 is 0 Å². The molecule has 200 valence electrons. The molecule has 2 heterocycles. The molecule has 0 aliphatic carbocycles. The Bertz CT molecular complexity index is 1500. The van der Waals surface area contributed by atoms with Crippen LogP contribution in [0.3, 0.4) is 0 Å². The molecule has 0 radical (unpaired) electrons. The highest BCUT2D eigenvalue weighted by Crippen LogP contribution is 2.30. The molecule has 1 aromatic heterocycles. The first kappa shape index (κ1) is 27.5. The summed E-state index contributed by atoms with van der Waals surface area (Å²) in [5.74, 6) is -0.748. The second-order valence-corrected chi connectivity index (χ2v) is 11.8. The minimum absolute atomic E-state index is 0.0198. The van der Waals surface area contributed by atoms with Gasteiger partial charge in [0.2, 0.25) is 15.9 Å². The van der Waals surface area contributed by atoms with Crippen molar-refractivity contribution < 1.29 is 22.5 Å². The quantitative estimate of drug-likeness (QED) is 0.410. The standard InChI is InChI=1S/C29H33N3O5S/c1-18-14-19(2)26(20(3)15-18)11-12-27-28(21(4)31-37-27)38(35,36)32-13-7-9-24(17-32)29(34)30-25-10-6-8-23(16-25)22(5)33/h6,8,10-12,14-16,24H,7,9,13,17H2,1-5H3,(H,30,34)/b12-11+. The van der Waals surface area contributed by atoms with E-state index in [1.165, 1.54) is 11.2 Å². The van der Waals surface area contributed by atoms with Crippen LogP contribution in [-0.4, -0.2) is 42.7 Å². The molecular weight excluding hydrogens is 502 g/mol. The highest BCUT2D eigenvalue weighted by molar-refractivity contribution is 7.89. The summed E-state index contributed by atoms with van der Waals surface area (Å²) in [7, 11) is -3.97. The van der Waals surface area contributed by atoms with E-state index in [1.54, 1.807) is 37.3 Å². The molecule has 38 heavy (non-hydrogen) atoms. The number of anilines is 1. The maximum Gasteiger partial charge on any atom is 0.248 e. The molecule has 1 fully saturated rings. The van der Waals surface area contributed by atoms with Gasteiger partial charge in [0.1, 0.15) is 5.69 Å². The molecule has 1 atom stereocenters. The molecule has 1 amide bonds. The number of Topliss-reactive ketones (excluding diaryl/α,β-unsaturated/α-hetero) is 1. The zero-order valence-electron chi connectivity index (χ0n) is 22.4. The Morgan fingerprint density at radius 1 is 1.08 bits per heavy atom. The summed E-state index contributed by atoms with van der Waals surface area (Å²) in [4.78, 5) is 24.7. The number of nitrogens with one attached hydrogen (secondary N) is 1. The van der Waals surface area contributed by atoms with Crippen molar-refractivity contribution in [1.82, 2.24) is 9.46 Å². The largest absolute Gasteiger partial charge is 0.355 e. The minimum atomic E-state index is -3.97. The number of piperidine rings is 1. The normalized spacial score (nSPS) is 16.6. The first-order valence-corrected chi connectivity index (χ1v) is 14.1. The zero-order valence-corrected chi connectivity index (χ0v) is 23.2. The molecule has 3 aromatic rings. The molecule has 1 aliphatic rings. The summed E-state index contributed by atoms with van der Waals surface area (Å²) in [6, 6.07) is 10.9.